The first-order valence-electron chi connectivity index (χ1n) is 8.21. The SMILES string of the molecule is CCNC(=NCc1ccc(Cl)cc1)NCC(O)c1ccc(OC)cc1.I. The van der Waals surface area contributed by atoms with Gasteiger partial charge in [-0.05, 0) is 42.3 Å². The van der Waals surface area contributed by atoms with E-state index in [1.54, 1.807) is 7.11 Å². The highest BCUT2D eigenvalue weighted by Gasteiger charge is 2.08. The van der Waals surface area contributed by atoms with Crippen LogP contribution in [-0.4, -0.2) is 31.3 Å². The smallest absolute Gasteiger partial charge is 0.191 e. The van der Waals surface area contributed by atoms with E-state index >= 15 is 0 Å². The third-order valence-corrected chi connectivity index (χ3v) is 3.89. The number of halogens is 2. The van der Waals surface area contributed by atoms with Crippen molar-refractivity contribution in [3.05, 3.63) is 64.7 Å². The normalized spacial score (nSPS) is 12.1. The van der Waals surface area contributed by atoms with Crippen molar-refractivity contribution in [2.45, 2.75) is 19.6 Å². The third-order valence-electron chi connectivity index (χ3n) is 3.64. The lowest BCUT2D eigenvalue weighted by molar-refractivity contribution is 0.180. The number of nitrogens with zero attached hydrogens (tertiary/aromatic N) is 1. The first-order chi connectivity index (χ1) is 12.1. The van der Waals surface area contributed by atoms with E-state index in [0.29, 0.717) is 24.1 Å². The number of ether oxygens (including phenoxy) is 1. The van der Waals surface area contributed by atoms with Crippen LogP contribution in [0.3, 0.4) is 0 Å². The highest BCUT2D eigenvalue weighted by molar-refractivity contribution is 14.0. The molecule has 5 nitrogen and oxygen atoms in total. The van der Waals surface area contributed by atoms with E-state index in [1.165, 1.54) is 0 Å². The van der Waals surface area contributed by atoms with Gasteiger partial charge in [0, 0.05) is 18.1 Å². The summed E-state index contributed by atoms with van der Waals surface area (Å²) in [6, 6.07) is 15.0. The van der Waals surface area contributed by atoms with Crippen LogP contribution in [0.15, 0.2) is 53.5 Å². The van der Waals surface area contributed by atoms with Gasteiger partial charge in [-0.3, -0.25) is 0 Å². The Bertz CT molecular complexity index is 678. The van der Waals surface area contributed by atoms with Crippen LogP contribution >= 0.6 is 35.6 Å². The third kappa shape index (κ3) is 7.39. The fourth-order valence-corrected chi connectivity index (χ4v) is 2.37. The zero-order chi connectivity index (χ0) is 18.1. The van der Waals surface area contributed by atoms with Crippen LogP contribution in [0.5, 0.6) is 5.75 Å². The Morgan fingerprint density at radius 2 is 1.77 bits per heavy atom. The molecule has 0 aliphatic rings. The lowest BCUT2D eigenvalue weighted by Crippen LogP contribution is -2.39. The lowest BCUT2D eigenvalue weighted by atomic mass is 10.1. The molecule has 0 spiro atoms. The van der Waals surface area contributed by atoms with Crippen LogP contribution in [0.2, 0.25) is 5.02 Å². The van der Waals surface area contributed by atoms with Crippen molar-refractivity contribution >= 4 is 41.5 Å². The number of guanidine groups is 1. The van der Waals surface area contributed by atoms with Crippen molar-refractivity contribution in [1.29, 1.82) is 0 Å². The molecular weight excluding hydrogens is 465 g/mol. The van der Waals surface area contributed by atoms with Crippen molar-refractivity contribution in [3.8, 4) is 5.75 Å². The van der Waals surface area contributed by atoms with Crippen LogP contribution < -0.4 is 15.4 Å². The molecular formula is C19H25ClIN3O2. The topological polar surface area (TPSA) is 65.9 Å². The molecule has 0 aliphatic heterocycles. The molecule has 0 aromatic heterocycles. The van der Waals surface area contributed by atoms with E-state index in [4.69, 9.17) is 16.3 Å². The average molecular weight is 490 g/mol. The van der Waals surface area contributed by atoms with Gasteiger partial charge >= 0.3 is 0 Å². The molecule has 1 unspecified atom stereocenters. The number of rotatable bonds is 7. The minimum absolute atomic E-state index is 0. The van der Waals surface area contributed by atoms with Gasteiger partial charge in [0.05, 0.1) is 19.8 Å². The van der Waals surface area contributed by atoms with Crippen molar-refractivity contribution < 1.29 is 9.84 Å². The summed E-state index contributed by atoms with van der Waals surface area (Å²) in [6.07, 6.45) is -0.634. The van der Waals surface area contributed by atoms with E-state index in [-0.39, 0.29) is 24.0 Å². The molecule has 26 heavy (non-hydrogen) atoms. The number of aliphatic hydroxyl groups excluding tert-OH is 1. The first-order valence-corrected chi connectivity index (χ1v) is 8.58. The summed E-state index contributed by atoms with van der Waals surface area (Å²) < 4.78 is 5.13. The van der Waals surface area contributed by atoms with Crippen molar-refractivity contribution in [2.75, 3.05) is 20.2 Å². The second-order valence-corrected chi connectivity index (χ2v) is 5.93. The number of nitrogens with one attached hydrogen (secondary N) is 2. The molecule has 0 bridgehead atoms. The minimum Gasteiger partial charge on any atom is -0.497 e. The number of benzene rings is 2. The Kier molecular flexibility index (Phi) is 10.4. The molecule has 1 atom stereocenters. The quantitative estimate of drug-likeness (QED) is 0.315. The van der Waals surface area contributed by atoms with Gasteiger partial charge in [-0.1, -0.05) is 35.9 Å². The first kappa shape index (κ1) is 22.5. The van der Waals surface area contributed by atoms with E-state index in [1.807, 2.05) is 55.5 Å². The molecule has 142 valence electrons. The van der Waals surface area contributed by atoms with Gasteiger partial charge < -0.3 is 20.5 Å². The van der Waals surface area contributed by atoms with Crippen LogP contribution in [0.25, 0.3) is 0 Å². The lowest BCUT2D eigenvalue weighted by Gasteiger charge is -2.16. The van der Waals surface area contributed by atoms with E-state index < -0.39 is 6.10 Å². The fraction of sp³-hybridized carbons (Fsp3) is 0.316. The summed E-state index contributed by atoms with van der Waals surface area (Å²) in [5.74, 6) is 1.42. The van der Waals surface area contributed by atoms with Gasteiger partial charge in [0.25, 0.3) is 0 Å². The average Bonchev–Trinajstić information content (AvgIpc) is 2.65. The maximum atomic E-state index is 10.3. The minimum atomic E-state index is -0.634. The Labute approximate surface area is 176 Å². The van der Waals surface area contributed by atoms with Crippen LogP contribution in [0, 0.1) is 0 Å². The summed E-state index contributed by atoms with van der Waals surface area (Å²) >= 11 is 5.89. The largest absolute Gasteiger partial charge is 0.497 e. The summed E-state index contributed by atoms with van der Waals surface area (Å²) in [4.78, 5) is 4.53. The number of aliphatic imine (C=N–C) groups is 1. The standard InChI is InChI=1S/C19H24ClN3O2.HI/c1-3-21-19(22-12-14-4-8-16(20)9-5-14)23-13-18(24)15-6-10-17(25-2)11-7-15;/h4-11,18,24H,3,12-13H2,1-2H3,(H2,21,22,23);1H. The summed E-state index contributed by atoms with van der Waals surface area (Å²) in [5, 5.41) is 17.4. The molecule has 0 heterocycles. The van der Waals surface area contributed by atoms with Crippen LogP contribution in [-0.2, 0) is 6.54 Å². The molecule has 7 heteroatoms. The highest BCUT2D eigenvalue weighted by Crippen LogP contribution is 2.17. The fourth-order valence-electron chi connectivity index (χ4n) is 2.24. The van der Waals surface area contributed by atoms with Gasteiger partial charge in [-0.2, -0.15) is 0 Å². The van der Waals surface area contributed by atoms with Crippen molar-refractivity contribution in [1.82, 2.24) is 10.6 Å². The van der Waals surface area contributed by atoms with E-state index in [9.17, 15) is 5.11 Å². The number of methoxy groups -OCH3 is 1. The monoisotopic (exact) mass is 489 g/mol. The summed E-state index contributed by atoms with van der Waals surface area (Å²) in [6.45, 7) is 3.63. The van der Waals surface area contributed by atoms with Crippen molar-refractivity contribution in [2.24, 2.45) is 4.99 Å². The van der Waals surface area contributed by atoms with E-state index in [2.05, 4.69) is 15.6 Å². The van der Waals surface area contributed by atoms with Gasteiger partial charge in [0.1, 0.15) is 5.75 Å². The van der Waals surface area contributed by atoms with E-state index in [0.717, 1.165) is 23.4 Å². The van der Waals surface area contributed by atoms with Gasteiger partial charge in [-0.15, -0.1) is 24.0 Å². The van der Waals surface area contributed by atoms with Crippen molar-refractivity contribution in [3.63, 3.8) is 0 Å². The second kappa shape index (κ2) is 12.0. The molecule has 0 radical (unpaired) electrons. The maximum absolute atomic E-state index is 10.3. The molecule has 3 N–H and O–H groups in total. The van der Waals surface area contributed by atoms with Crippen LogP contribution in [0.1, 0.15) is 24.2 Å². The summed E-state index contributed by atoms with van der Waals surface area (Å²) in [7, 11) is 1.62. The highest BCUT2D eigenvalue weighted by atomic mass is 127. The zero-order valence-corrected chi connectivity index (χ0v) is 18.0. The molecule has 0 amide bonds. The van der Waals surface area contributed by atoms with Gasteiger partial charge in [-0.25, -0.2) is 4.99 Å². The second-order valence-electron chi connectivity index (χ2n) is 5.49. The molecule has 2 rings (SSSR count). The molecule has 0 fully saturated rings. The Morgan fingerprint density at radius 1 is 1.12 bits per heavy atom. The Morgan fingerprint density at radius 3 is 2.35 bits per heavy atom. The van der Waals surface area contributed by atoms with Gasteiger partial charge in [0.2, 0.25) is 0 Å². The maximum Gasteiger partial charge on any atom is 0.191 e. The number of aliphatic hydroxyl groups is 1. The van der Waals surface area contributed by atoms with Crippen LogP contribution in [0.4, 0.5) is 0 Å². The Hall–Kier alpha value is -1.51. The molecule has 0 aliphatic carbocycles. The predicted octanol–water partition coefficient (Wildman–Crippen LogP) is 3.76. The molecule has 0 saturated carbocycles. The Balaban J connectivity index is 0.00000338. The summed E-state index contributed by atoms with van der Waals surface area (Å²) in [5.41, 5.74) is 1.89. The van der Waals surface area contributed by atoms with Gasteiger partial charge in [0.15, 0.2) is 5.96 Å². The molecule has 0 saturated heterocycles. The number of hydrogen-bond donors (Lipinski definition) is 3. The molecule has 2 aromatic carbocycles. The number of hydrogen-bond acceptors (Lipinski definition) is 3. The molecule has 2 aromatic rings. The zero-order valence-electron chi connectivity index (χ0n) is 14.9. The predicted molar refractivity (Wildman–Crippen MR) is 118 cm³/mol.